The van der Waals surface area contributed by atoms with E-state index in [9.17, 15) is 0 Å². The van der Waals surface area contributed by atoms with Gasteiger partial charge in [-0.25, -0.2) is 9.97 Å². The number of allylic oxidation sites excluding steroid dienone is 1. The first-order valence-corrected chi connectivity index (χ1v) is 11.7. The second-order valence-corrected chi connectivity index (χ2v) is 8.74. The van der Waals surface area contributed by atoms with Crippen molar-refractivity contribution in [3.8, 4) is 11.1 Å². The molecule has 6 rings (SSSR count). The fraction of sp³-hybridized carbons (Fsp3) is 0.120. The summed E-state index contributed by atoms with van der Waals surface area (Å²) in [6, 6.07) is 10.9. The molecule has 3 N–H and O–H groups in total. The van der Waals surface area contributed by atoms with Crippen molar-refractivity contribution in [1.29, 1.82) is 5.41 Å². The smallest absolute Gasteiger partial charge is 0.129 e. The summed E-state index contributed by atoms with van der Waals surface area (Å²) in [6.07, 6.45) is 10.2. The number of halogens is 2. The van der Waals surface area contributed by atoms with Crippen LogP contribution < -0.4 is 5.73 Å². The molecule has 0 amide bonds. The van der Waals surface area contributed by atoms with Crippen molar-refractivity contribution in [2.24, 2.45) is 5.73 Å². The molecule has 11 heteroatoms. The van der Waals surface area contributed by atoms with E-state index >= 15 is 0 Å². The number of nitrogens with one attached hydrogen (secondary N) is 1. The predicted molar refractivity (Wildman–Crippen MR) is 141 cm³/mol. The van der Waals surface area contributed by atoms with Crippen LogP contribution in [0.2, 0.25) is 10.3 Å². The van der Waals surface area contributed by atoms with Crippen molar-refractivity contribution < 1.29 is 4.74 Å². The molecule has 0 bridgehead atoms. The highest BCUT2D eigenvalue weighted by molar-refractivity contribution is 6.30. The molecule has 1 unspecified atom stereocenters. The Kier molecular flexibility index (Phi) is 6.86. The van der Waals surface area contributed by atoms with Crippen molar-refractivity contribution in [2.75, 3.05) is 6.61 Å². The van der Waals surface area contributed by atoms with Gasteiger partial charge in [0.15, 0.2) is 0 Å². The van der Waals surface area contributed by atoms with Crippen LogP contribution in [0.5, 0.6) is 0 Å². The van der Waals surface area contributed by atoms with E-state index in [0.29, 0.717) is 27.5 Å². The van der Waals surface area contributed by atoms with Crippen molar-refractivity contribution in [3.05, 3.63) is 83.3 Å². The maximum atomic E-state index is 7.20. The van der Waals surface area contributed by atoms with Gasteiger partial charge in [-0.2, -0.15) is 5.10 Å². The molecule has 0 aromatic carbocycles. The monoisotopic (exact) mass is 518 g/mol. The number of hydrogen-bond acceptors (Lipinski definition) is 8. The summed E-state index contributed by atoms with van der Waals surface area (Å²) in [4.78, 5) is 17.0. The Morgan fingerprint density at radius 3 is 2.28 bits per heavy atom. The van der Waals surface area contributed by atoms with Gasteiger partial charge >= 0.3 is 0 Å². The van der Waals surface area contributed by atoms with Crippen LogP contribution in [0.15, 0.2) is 67.4 Å². The lowest BCUT2D eigenvalue weighted by atomic mass is 10.1. The maximum Gasteiger partial charge on any atom is 0.129 e. The van der Waals surface area contributed by atoms with Crippen LogP contribution in [0.4, 0.5) is 0 Å². The van der Waals surface area contributed by atoms with Gasteiger partial charge in [-0.1, -0.05) is 23.2 Å². The first-order valence-electron chi connectivity index (χ1n) is 10.9. The average molecular weight is 519 g/mol. The number of nitrogens with two attached hydrogens (primary N) is 1. The van der Waals surface area contributed by atoms with Gasteiger partial charge in [0.25, 0.3) is 0 Å². The summed E-state index contributed by atoms with van der Waals surface area (Å²) in [5.74, 6) is 0. The zero-order valence-electron chi connectivity index (χ0n) is 18.8. The van der Waals surface area contributed by atoms with Crippen LogP contribution in [0.1, 0.15) is 5.56 Å². The molecular weight excluding hydrogens is 499 g/mol. The topological polar surface area (TPSA) is 132 Å². The lowest BCUT2D eigenvalue weighted by Crippen LogP contribution is -2.03. The Balaban J connectivity index is 0.000000152. The van der Waals surface area contributed by atoms with Crippen LogP contribution in [0.3, 0.4) is 0 Å². The Bertz CT molecular complexity index is 1600. The molecule has 1 saturated heterocycles. The molecule has 36 heavy (non-hydrogen) atoms. The van der Waals surface area contributed by atoms with Crippen LogP contribution in [0.25, 0.3) is 38.8 Å². The molecule has 1 aliphatic heterocycles. The first kappa shape index (κ1) is 23.8. The molecule has 1 aliphatic rings. The van der Waals surface area contributed by atoms with Crippen LogP contribution in [0, 0.1) is 5.41 Å². The molecule has 6 heterocycles. The van der Waals surface area contributed by atoms with Crippen LogP contribution >= 0.6 is 23.2 Å². The van der Waals surface area contributed by atoms with Crippen molar-refractivity contribution in [2.45, 2.75) is 12.6 Å². The van der Waals surface area contributed by atoms with Gasteiger partial charge < -0.3 is 15.9 Å². The summed E-state index contributed by atoms with van der Waals surface area (Å²) in [5, 5.41) is 12.4. The van der Waals surface area contributed by atoms with Crippen LogP contribution in [-0.4, -0.2) is 48.6 Å². The fourth-order valence-corrected chi connectivity index (χ4v) is 3.81. The molecule has 9 nitrogen and oxygen atoms in total. The molecule has 0 spiro atoms. The van der Waals surface area contributed by atoms with E-state index in [1.165, 1.54) is 12.4 Å². The number of aromatic nitrogens is 6. The summed E-state index contributed by atoms with van der Waals surface area (Å²) in [7, 11) is 0. The minimum Gasteiger partial charge on any atom is -0.404 e. The first-order chi connectivity index (χ1) is 17.5. The predicted octanol–water partition coefficient (Wildman–Crippen LogP) is 4.78. The highest BCUT2D eigenvalue weighted by Gasteiger charge is 2.23. The molecule has 0 saturated carbocycles. The normalized spacial score (nSPS) is 14.9. The molecule has 1 fully saturated rings. The second kappa shape index (κ2) is 10.4. The second-order valence-electron chi connectivity index (χ2n) is 7.97. The van der Waals surface area contributed by atoms with Crippen molar-refractivity contribution in [1.82, 2.24) is 29.7 Å². The quantitative estimate of drug-likeness (QED) is 0.194. The van der Waals surface area contributed by atoms with Crippen LogP contribution in [-0.2, 0) is 11.3 Å². The summed E-state index contributed by atoms with van der Waals surface area (Å²) >= 11 is 11.7. The highest BCUT2D eigenvalue weighted by atomic mass is 35.5. The van der Waals surface area contributed by atoms with E-state index in [4.69, 9.17) is 39.1 Å². The van der Waals surface area contributed by atoms with Gasteiger partial charge in [0, 0.05) is 53.3 Å². The lowest BCUT2D eigenvalue weighted by molar-refractivity contribution is 0.373. The lowest BCUT2D eigenvalue weighted by Gasteiger charge is -2.02. The van der Waals surface area contributed by atoms with E-state index < -0.39 is 0 Å². The third-order valence-corrected chi connectivity index (χ3v) is 5.86. The summed E-state index contributed by atoms with van der Waals surface area (Å²) < 4.78 is 7.09. The number of fused-ring (bicyclic) bond motifs is 2. The van der Waals surface area contributed by atoms with Gasteiger partial charge in [0.1, 0.15) is 16.4 Å². The summed E-state index contributed by atoms with van der Waals surface area (Å²) in [6.45, 7) is 1.63. The summed E-state index contributed by atoms with van der Waals surface area (Å²) in [5.41, 5.74) is 11.8. The SMILES string of the molecule is Clc1ccc2ncc(-c3cnn(CC4CO4)c3)cc2n1.N=C/C(=C\N)c1cnc2ccc(Cl)nc2c1. The molecule has 180 valence electrons. The Morgan fingerprint density at radius 2 is 1.64 bits per heavy atom. The third kappa shape index (κ3) is 5.49. The number of nitrogens with zero attached hydrogens (tertiary/aromatic N) is 6. The van der Waals surface area contributed by atoms with Gasteiger partial charge in [-0.05, 0) is 36.4 Å². The zero-order valence-corrected chi connectivity index (χ0v) is 20.4. The maximum absolute atomic E-state index is 7.20. The molecule has 0 aliphatic carbocycles. The minimum atomic E-state index is 0.318. The molecule has 0 radical (unpaired) electrons. The third-order valence-electron chi connectivity index (χ3n) is 5.43. The molecular formula is C25H20Cl2N8O. The number of epoxide rings is 1. The fourth-order valence-electron chi connectivity index (χ4n) is 3.50. The Morgan fingerprint density at radius 1 is 0.972 bits per heavy atom. The van der Waals surface area contributed by atoms with Gasteiger partial charge in [-0.3, -0.25) is 14.6 Å². The van der Waals surface area contributed by atoms with Gasteiger partial charge in [0.2, 0.25) is 0 Å². The largest absolute Gasteiger partial charge is 0.404 e. The zero-order chi connectivity index (χ0) is 25.1. The van der Waals surface area contributed by atoms with Gasteiger partial charge in [-0.15, -0.1) is 0 Å². The molecule has 5 aromatic heterocycles. The van der Waals surface area contributed by atoms with Gasteiger partial charge in [0.05, 0.1) is 41.4 Å². The van der Waals surface area contributed by atoms with Crippen molar-refractivity contribution >= 4 is 57.1 Å². The van der Waals surface area contributed by atoms with E-state index in [1.54, 1.807) is 30.5 Å². The Labute approximate surface area is 216 Å². The van der Waals surface area contributed by atoms with E-state index in [-0.39, 0.29) is 0 Å². The highest BCUT2D eigenvalue weighted by Crippen LogP contribution is 2.23. The molecule has 1 atom stereocenters. The van der Waals surface area contributed by atoms with Crippen molar-refractivity contribution in [3.63, 3.8) is 0 Å². The number of pyridine rings is 4. The minimum absolute atomic E-state index is 0.318. The average Bonchev–Trinajstić information content (AvgIpc) is 3.58. The Hall–Kier alpha value is -3.92. The number of hydrogen-bond donors (Lipinski definition) is 2. The molecule has 5 aromatic rings. The standard InChI is InChI=1S/C14H11ClN4O.C11H9ClN4/c15-14-2-1-12-13(18-14)3-9(4-16-12)10-5-17-19(6-10)7-11-8-20-11;12-11-2-1-9-10(16-11)3-7(6-15-9)8(4-13)5-14/h1-6,11H,7-8H2;1-6,13H,14H2/b;8-5+,13-4?. The number of rotatable bonds is 5. The van der Waals surface area contributed by atoms with E-state index in [0.717, 1.165) is 46.4 Å². The van der Waals surface area contributed by atoms with E-state index in [1.807, 2.05) is 35.4 Å². The number of ether oxygens (including phenoxy) is 1. The van der Waals surface area contributed by atoms with E-state index in [2.05, 4.69) is 25.0 Å².